The second-order valence-electron chi connectivity index (χ2n) is 5.71. The number of carbonyl (C=O) groups excluding carboxylic acids is 1. The van der Waals surface area contributed by atoms with E-state index in [2.05, 4.69) is 22.3 Å². The minimum Gasteiger partial charge on any atom is -0.497 e. The van der Waals surface area contributed by atoms with Crippen LogP contribution in [0.15, 0.2) is 24.3 Å². The number of hydrogen-bond donors (Lipinski definition) is 1. The largest absolute Gasteiger partial charge is 0.497 e. The molecule has 1 N–H and O–H groups in total. The molecule has 1 amide bonds. The summed E-state index contributed by atoms with van der Waals surface area (Å²) in [5.74, 6) is 0.977. The summed E-state index contributed by atoms with van der Waals surface area (Å²) < 4.78 is 5.16. The molecule has 1 aliphatic carbocycles. The molecule has 1 fully saturated rings. The topological polar surface area (TPSA) is 41.6 Å². The van der Waals surface area contributed by atoms with Gasteiger partial charge in [0.05, 0.1) is 13.7 Å². The molecule has 0 saturated heterocycles. The highest BCUT2D eigenvalue weighted by molar-refractivity contribution is 5.78. The molecular weight excluding hydrogens is 252 g/mol. The van der Waals surface area contributed by atoms with Crippen LogP contribution in [0.1, 0.15) is 32.3 Å². The van der Waals surface area contributed by atoms with Crippen molar-refractivity contribution in [3.05, 3.63) is 29.8 Å². The van der Waals surface area contributed by atoms with Gasteiger partial charge in [-0.15, -0.1) is 0 Å². The summed E-state index contributed by atoms with van der Waals surface area (Å²) in [6, 6.07) is 8.83. The molecular formula is C16H24N2O2. The lowest BCUT2D eigenvalue weighted by atomic mass is 10.2. The molecule has 1 aliphatic rings. The Morgan fingerprint density at radius 3 is 2.50 bits per heavy atom. The van der Waals surface area contributed by atoms with Crippen LogP contribution in [0.4, 0.5) is 0 Å². The first-order chi connectivity index (χ1) is 9.58. The van der Waals surface area contributed by atoms with Crippen LogP contribution in [0.3, 0.4) is 0 Å². The van der Waals surface area contributed by atoms with Crippen LogP contribution in [-0.4, -0.2) is 36.5 Å². The summed E-state index contributed by atoms with van der Waals surface area (Å²) in [5, 5.41) is 2.96. The van der Waals surface area contributed by atoms with Gasteiger partial charge < -0.3 is 10.1 Å². The van der Waals surface area contributed by atoms with E-state index in [1.54, 1.807) is 7.11 Å². The molecule has 0 aliphatic heterocycles. The number of nitrogens with one attached hydrogen (secondary N) is 1. The van der Waals surface area contributed by atoms with Crippen LogP contribution in [0.25, 0.3) is 0 Å². The molecule has 4 heteroatoms. The van der Waals surface area contributed by atoms with Crippen molar-refractivity contribution < 1.29 is 9.53 Å². The first-order valence-corrected chi connectivity index (χ1v) is 7.25. The molecule has 0 spiro atoms. The van der Waals surface area contributed by atoms with E-state index in [1.807, 2.05) is 26.0 Å². The molecule has 0 atom stereocenters. The minimum absolute atomic E-state index is 0.111. The van der Waals surface area contributed by atoms with Gasteiger partial charge in [0.2, 0.25) is 5.91 Å². The molecule has 20 heavy (non-hydrogen) atoms. The summed E-state index contributed by atoms with van der Waals surface area (Å²) in [7, 11) is 1.67. The van der Waals surface area contributed by atoms with Crippen molar-refractivity contribution in [2.75, 3.05) is 13.7 Å². The van der Waals surface area contributed by atoms with E-state index in [4.69, 9.17) is 4.74 Å². The molecule has 110 valence electrons. The van der Waals surface area contributed by atoms with Gasteiger partial charge in [-0.25, -0.2) is 0 Å². The molecule has 0 radical (unpaired) electrons. The number of hydrogen-bond acceptors (Lipinski definition) is 3. The Labute approximate surface area is 121 Å². The van der Waals surface area contributed by atoms with E-state index in [-0.39, 0.29) is 11.9 Å². The Bertz CT molecular complexity index is 438. The van der Waals surface area contributed by atoms with Crippen molar-refractivity contribution in [1.82, 2.24) is 10.2 Å². The van der Waals surface area contributed by atoms with Gasteiger partial charge in [0.25, 0.3) is 0 Å². The second kappa shape index (κ2) is 6.75. The number of rotatable bonds is 7. The highest BCUT2D eigenvalue weighted by atomic mass is 16.5. The maximum Gasteiger partial charge on any atom is 0.234 e. The summed E-state index contributed by atoms with van der Waals surface area (Å²) in [4.78, 5) is 14.2. The predicted octanol–water partition coefficient (Wildman–Crippen LogP) is 2.18. The van der Waals surface area contributed by atoms with Crippen LogP contribution in [-0.2, 0) is 11.3 Å². The van der Waals surface area contributed by atoms with Gasteiger partial charge in [-0.05, 0) is 44.4 Å². The Balaban J connectivity index is 1.93. The minimum atomic E-state index is 0.111. The summed E-state index contributed by atoms with van der Waals surface area (Å²) in [5.41, 5.74) is 1.22. The lowest BCUT2D eigenvalue weighted by molar-refractivity contribution is -0.123. The quantitative estimate of drug-likeness (QED) is 0.830. The van der Waals surface area contributed by atoms with Crippen LogP contribution in [0.2, 0.25) is 0 Å². The van der Waals surface area contributed by atoms with Gasteiger partial charge in [0, 0.05) is 18.6 Å². The average molecular weight is 276 g/mol. The smallest absolute Gasteiger partial charge is 0.234 e. The lowest BCUT2D eigenvalue weighted by Crippen LogP contribution is -2.40. The van der Waals surface area contributed by atoms with Gasteiger partial charge in [0.1, 0.15) is 5.75 Å². The van der Waals surface area contributed by atoms with E-state index >= 15 is 0 Å². The maximum atomic E-state index is 11.9. The highest BCUT2D eigenvalue weighted by Crippen LogP contribution is 2.28. The fraction of sp³-hybridized carbons (Fsp3) is 0.562. The lowest BCUT2D eigenvalue weighted by Gasteiger charge is -2.22. The van der Waals surface area contributed by atoms with E-state index in [0.717, 1.165) is 12.3 Å². The SMILES string of the molecule is COc1ccc(CN(CC(=O)NC(C)C)C2CC2)cc1. The average Bonchev–Trinajstić information content (AvgIpc) is 3.22. The van der Waals surface area contributed by atoms with E-state index in [1.165, 1.54) is 18.4 Å². The van der Waals surface area contributed by atoms with Crippen LogP contribution in [0, 0.1) is 0 Å². The number of benzene rings is 1. The molecule has 0 heterocycles. The first-order valence-electron chi connectivity index (χ1n) is 7.25. The zero-order valence-corrected chi connectivity index (χ0v) is 12.6. The molecule has 0 aromatic heterocycles. The summed E-state index contributed by atoms with van der Waals surface area (Å²) in [6.07, 6.45) is 2.40. The third-order valence-corrected chi connectivity index (χ3v) is 3.40. The molecule has 1 aromatic carbocycles. The standard InChI is InChI=1S/C16H24N2O2/c1-12(2)17-16(19)11-18(14-6-7-14)10-13-4-8-15(20-3)9-5-13/h4-5,8-9,12,14H,6-7,10-11H2,1-3H3,(H,17,19). The van der Waals surface area contributed by atoms with Crippen molar-refractivity contribution in [2.24, 2.45) is 0 Å². The fourth-order valence-corrected chi connectivity index (χ4v) is 2.27. The van der Waals surface area contributed by atoms with E-state index in [9.17, 15) is 4.79 Å². The zero-order valence-electron chi connectivity index (χ0n) is 12.6. The number of amides is 1. The first kappa shape index (κ1) is 14.9. The van der Waals surface area contributed by atoms with E-state index in [0.29, 0.717) is 12.6 Å². The number of nitrogens with zero attached hydrogens (tertiary/aromatic N) is 1. The molecule has 0 bridgehead atoms. The Hall–Kier alpha value is -1.55. The molecule has 1 saturated carbocycles. The number of carbonyl (C=O) groups is 1. The Morgan fingerprint density at radius 2 is 2.00 bits per heavy atom. The molecule has 2 rings (SSSR count). The van der Waals surface area contributed by atoms with Crippen LogP contribution >= 0.6 is 0 Å². The monoisotopic (exact) mass is 276 g/mol. The highest BCUT2D eigenvalue weighted by Gasteiger charge is 2.30. The molecule has 1 aromatic rings. The maximum absolute atomic E-state index is 11.9. The Morgan fingerprint density at radius 1 is 1.35 bits per heavy atom. The van der Waals surface area contributed by atoms with Gasteiger partial charge in [-0.2, -0.15) is 0 Å². The number of methoxy groups -OCH3 is 1. The van der Waals surface area contributed by atoms with Crippen molar-refractivity contribution in [3.8, 4) is 5.75 Å². The summed E-state index contributed by atoms with van der Waals surface area (Å²) >= 11 is 0. The van der Waals surface area contributed by atoms with Gasteiger partial charge in [0.15, 0.2) is 0 Å². The molecule has 0 unspecified atom stereocenters. The Kier molecular flexibility index (Phi) is 5.01. The zero-order chi connectivity index (χ0) is 14.5. The van der Waals surface area contributed by atoms with Crippen molar-refractivity contribution in [1.29, 1.82) is 0 Å². The third-order valence-electron chi connectivity index (χ3n) is 3.40. The van der Waals surface area contributed by atoms with Crippen molar-refractivity contribution >= 4 is 5.91 Å². The van der Waals surface area contributed by atoms with E-state index < -0.39 is 0 Å². The second-order valence-corrected chi connectivity index (χ2v) is 5.71. The fourth-order valence-electron chi connectivity index (χ4n) is 2.27. The van der Waals surface area contributed by atoms with Gasteiger partial charge in [-0.3, -0.25) is 9.69 Å². The van der Waals surface area contributed by atoms with Gasteiger partial charge >= 0.3 is 0 Å². The summed E-state index contributed by atoms with van der Waals surface area (Å²) in [6.45, 7) is 5.28. The van der Waals surface area contributed by atoms with Crippen LogP contribution < -0.4 is 10.1 Å². The number of ether oxygens (including phenoxy) is 1. The third kappa shape index (κ3) is 4.53. The van der Waals surface area contributed by atoms with Crippen LogP contribution in [0.5, 0.6) is 5.75 Å². The van der Waals surface area contributed by atoms with Crippen molar-refractivity contribution in [2.45, 2.75) is 45.3 Å². The normalized spacial score (nSPS) is 14.7. The van der Waals surface area contributed by atoms with Crippen molar-refractivity contribution in [3.63, 3.8) is 0 Å². The molecule has 4 nitrogen and oxygen atoms in total. The van der Waals surface area contributed by atoms with Gasteiger partial charge in [-0.1, -0.05) is 12.1 Å². The predicted molar refractivity (Wildman–Crippen MR) is 79.7 cm³/mol.